The van der Waals surface area contributed by atoms with E-state index < -0.39 is 0 Å². The summed E-state index contributed by atoms with van der Waals surface area (Å²) in [7, 11) is 1.57. The van der Waals surface area contributed by atoms with E-state index in [0.717, 1.165) is 16.5 Å². The standard InChI is InChI=1S/C26H21Br3ClN3O3/c1-3-4-22-32-20-10-7-17(27)12-19(20)26(34)33(22)31-13-16-11-21(35-2)25(24(29)23(16)28)36-14-15-5-8-18(30)9-6-15/h5-13H,3-4,14H2,1-2H3. The number of hydrogen-bond donors (Lipinski definition) is 0. The first kappa shape index (κ1) is 26.9. The number of fused-ring (bicyclic) bond motifs is 1. The Morgan fingerprint density at radius 3 is 2.53 bits per heavy atom. The molecular formula is C26H21Br3ClN3O3. The molecule has 0 atom stereocenters. The molecule has 1 heterocycles. The molecule has 0 saturated carbocycles. The average molecular weight is 699 g/mol. The number of rotatable bonds is 8. The summed E-state index contributed by atoms with van der Waals surface area (Å²) in [6.45, 7) is 2.37. The maximum atomic E-state index is 13.3. The molecule has 0 bridgehead atoms. The number of aromatic nitrogens is 2. The number of benzene rings is 3. The van der Waals surface area contributed by atoms with E-state index >= 15 is 0 Å². The summed E-state index contributed by atoms with van der Waals surface area (Å²) >= 11 is 16.6. The molecule has 0 saturated heterocycles. The molecule has 6 nitrogen and oxygen atoms in total. The van der Waals surface area contributed by atoms with E-state index in [1.807, 2.05) is 43.3 Å². The highest BCUT2D eigenvalue weighted by Gasteiger charge is 2.17. The summed E-state index contributed by atoms with van der Waals surface area (Å²) in [5.74, 6) is 1.65. The van der Waals surface area contributed by atoms with Crippen molar-refractivity contribution >= 4 is 76.5 Å². The highest BCUT2D eigenvalue weighted by molar-refractivity contribution is 9.13. The van der Waals surface area contributed by atoms with Crippen LogP contribution in [0.5, 0.6) is 11.5 Å². The Morgan fingerprint density at radius 2 is 1.83 bits per heavy atom. The molecule has 0 radical (unpaired) electrons. The van der Waals surface area contributed by atoms with Crippen molar-refractivity contribution < 1.29 is 9.47 Å². The van der Waals surface area contributed by atoms with Gasteiger partial charge in [-0.3, -0.25) is 4.79 Å². The number of methoxy groups -OCH3 is 1. The highest BCUT2D eigenvalue weighted by atomic mass is 79.9. The normalized spacial score (nSPS) is 11.4. The molecule has 0 amide bonds. The van der Waals surface area contributed by atoms with E-state index in [1.54, 1.807) is 25.5 Å². The number of ether oxygens (including phenoxy) is 2. The summed E-state index contributed by atoms with van der Waals surface area (Å²) < 4.78 is 15.2. The van der Waals surface area contributed by atoms with E-state index in [4.69, 9.17) is 21.1 Å². The molecule has 36 heavy (non-hydrogen) atoms. The monoisotopic (exact) mass is 695 g/mol. The van der Waals surface area contributed by atoms with Gasteiger partial charge in [-0.25, -0.2) is 4.98 Å². The zero-order chi connectivity index (χ0) is 25.8. The Morgan fingerprint density at radius 1 is 1.08 bits per heavy atom. The van der Waals surface area contributed by atoms with Gasteiger partial charge in [0.1, 0.15) is 12.4 Å². The third-order valence-electron chi connectivity index (χ3n) is 5.33. The largest absolute Gasteiger partial charge is 0.493 e. The molecule has 0 aliphatic rings. The van der Waals surface area contributed by atoms with E-state index in [1.165, 1.54) is 4.68 Å². The highest BCUT2D eigenvalue weighted by Crippen LogP contribution is 2.42. The molecule has 0 spiro atoms. The second kappa shape index (κ2) is 11.9. The van der Waals surface area contributed by atoms with Crippen LogP contribution >= 0.6 is 59.4 Å². The van der Waals surface area contributed by atoms with Crippen LogP contribution in [0.15, 0.2) is 71.8 Å². The second-order valence-corrected chi connectivity index (χ2v) is 10.8. The fourth-order valence-electron chi connectivity index (χ4n) is 3.54. The number of halogens is 4. The lowest BCUT2D eigenvalue weighted by Gasteiger charge is -2.15. The van der Waals surface area contributed by atoms with E-state index in [2.05, 4.69) is 57.9 Å². The maximum absolute atomic E-state index is 13.3. The minimum Gasteiger partial charge on any atom is -0.493 e. The van der Waals surface area contributed by atoms with E-state index in [-0.39, 0.29) is 5.56 Å². The van der Waals surface area contributed by atoms with Gasteiger partial charge in [0.2, 0.25) is 0 Å². The SMILES string of the molecule is CCCc1nc2ccc(Br)cc2c(=O)n1N=Cc1cc(OC)c(OCc2ccc(Cl)cc2)c(Br)c1Br. The van der Waals surface area contributed by atoms with Crippen LogP contribution in [0, 0.1) is 0 Å². The third-order valence-corrected chi connectivity index (χ3v) is 8.22. The number of nitrogens with zero attached hydrogens (tertiary/aromatic N) is 3. The summed E-state index contributed by atoms with van der Waals surface area (Å²) in [5.41, 5.74) is 2.08. The molecule has 4 rings (SSSR count). The van der Waals surface area contributed by atoms with Gasteiger partial charge in [-0.05, 0) is 80.2 Å². The minimum absolute atomic E-state index is 0.230. The lowest BCUT2D eigenvalue weighted by molar-refractivity contribution is 0.282. The van der Waals surface area contributed by atoms with Gasteiger partial charge in [-0.15, -0.1) is 0 Å². The molecule has 0 aliphatic carbocycles. The van der Waals surface area contributed by atoms with Gasteiger partial charge in [-0.2, -0.15) is 9.78 Å². The van der Waals surface area contributed by atoms with Crippen molar-refractivity contribution in [2.45, 2.75) is 26.4 Å². The van der Waals surface area contributed by atoms with Crippen molar-refractivity contribution in [3.05, 3.63) is 94.3 Å². The Labute approximate surface area is 238 Å². The van der Waals surface area contributed by atoms with Gasteiger partial charge < -0.3 is 9.47 Å². The zero-order valence-electron chi connectivity index (χ0n) is 19.4. The van der Waals surface area contributed by atoms with Crippen LogP contribution in [0.4, 0.5) is 0 Å². The first-order valence-corrected chi connectivity index (χ1v) is 13.8. The van der Waals surface area contributed by atoms with Gasteiger partial charge in [-0.1, -0.05) is 46.6 Å². The molecule has 10 heteroatoms. The third kappa shape index (κ3) is 5.85. The van der Waals surface area contributed by atoms with Crippen LogP contribution in [0.2, 0.25) is 5.02 Å². The van der Waals surface area contributed by atoms with E-state index in [9.17, 15) is 4.79 Å². The molecule has 0 fully saturated rings. The number of hydrogen-bond acceptors (Lipinski definition) is 5. The minimum atomic E-state index is -0.230. The lowest BCUT2D eigenvalue weighted by Crippen LogP contribution is -2.22. The van der Waals surface area contributed by atoms with Gasteiger partial charge in [0, 0.05) is 26.0 Å². The quantitative estimate of drug-likeness (QED) is 0.177. The Bertz CT molecular complexity index is 1510. The molecule has 1 aromatic heterocycles. The summed E-state index contributed by atoms with van der Waals surface area (Å²) in [6, 6.07) is 14.7. The molecule has 0 unspecified atom stereocenters. The van der Waals surface area contributed by atoms with Gasteiger partial charge in [0.25, 0.3) is 5.56 Å². The van der Waals surface area contributed by atoms with Crippen LogP contribution in [-0.2, 0) is 13.0 Å². The van der Waals surface area contributed by atoms with Crippen LogP contribution in [0.1, 0.15) is 30.3 Å². The molecule has 0 aliphatic heterocycles. The van der Waals surface area contributed by atoms with Crippen LogP contribution in [0.25, 0.3) is 10.9 Å². The van der Waals surface area contributed by atoms with Crippen molar-refractivity contribution in [2.75, 3.05) is 7.11 Å². The maximum Gasteiger partial charge on any atom is 0.282 e. The predicted molar refractivity (Wildman–Crippen MR) is 155 cm³/mol. The van der Waals surface area contributed by atoms with Crippen molar-refractivity contribution in [2.24, 2.45) is 5.10 Å². The Hall–Kier alpha value is -2.20. The van der Waals surface area contributed by atoms with Crippen LogP contribution in [0.3, 0.4) is 0 Å². The van der Waals surface area contributed by atoms with Gasteiger partial charge in [0.05, 0.1) is 28.7 Å². The zero-order valence-corrected chi connectivity index (χ0v) is 24.9. The Kier molecular flexibility index (Phi) is 8.87. The lowest BCUT2D eigenvalue weighted by atomic mass is 10.2. The Balaban J connectivity index is 1.71. The van der Waals surface area contributed by atoms with Crippen molar-refractivity contribution in [3.63, 3.8) is 0 Å². The fourth-order valence-corrected chi connectivity index (χ4v) is 4.96. The van der Waals surface area contributed by atoms with E-state index in [0.29, 0.717) is 60.8 Å². The topological polar surface area (TPSA) is 65.7 Å². The van der Waals surface area contributed by atoms with Crippen LogP contribution < -0.4 is 15.0 Å². The molecular weight excluding hydrogens is 677 g/mol. The second-order valence-electron chi connectivity index (χ2n) is 7.84. The summed E-state index contributed by atoms with van der Waals surface area (Å²) in [6.07, 6.45) is 3.04. The molecule has 4 aromatic rings. The summed E-state index contributed by atoms with van der Waals surface area (Å²) in [4.78, 5) is 18.0. The molecule has 186 valence electrons. The number of aryl methyl sites for hydroxylation is 1. The van der Waals surface area contributed by atoms with Gasteiger partial charge in [0.15, 0.2) is 11.5 Å². The van der Waals surface area contributed by atoms with Gasteiger partial charge >= 0.3 is 0 Å². The molecule has 3 aromatic carbocycles. The first-order chi connectivity index (χ1) is 17.3. The smallest absolute Gasteiger partial charge is 0.282 e. The van der Waals surface area contributed by atoms with Crippen molar-refractivity contribution in [3.8, 4) is 11.5 Å². The first-order valence-electron chi connectivity index (χ1n) is 11.0. The molecule has 0 N–H and O–H groups in total. The fraction of sp³-hybridized carbons (Fsp3) is 0.192. The van der Waals surface area contributed by atoms with Crippen molar-refractivity contribution in [1.29, 1.82) is 0 Å². The predicted octanol–water partition coefficient (Wildman–Crippen LogP) is 7.76. The van der Waals surface area contributed by atoms with Crippen LogP contribution in [-0.4, -0.2) is 23.0 Å². The summed E-state index contributed by atoms with van der Waals surface area (Å²) in [5, 5.41) is 5.68. The van der Waals surface area contributed by atoms with Crippen molar-refractivity contribution in [1.82, 2.24) is 9.66 Å². The average Bonchev–Trinajstić information content (AvgIpc) is 2.87.